The molecule has 0 saturated carbocycles. The number of imidazole rings is 1. The lowest BCUT2D eigenvalue weighted by Gasteiger charge is -2.21. The molecule has 2 aromatic heterocycles. The molecule has 0 spiro atoms. The largest absolute Gasteiger partial charge is 0.436 e. The summed E-state index contributed by atoms with van der Waals surface area (Å²) in [4.78, 5) is 18.2. The standard InChI is InChI=1S/C21H20ClF3N4O3S/c1-20(2,3)27-33(31,32)19-17(21(23,24)25)26-16-10-13(14(22)11-29(16)19)18(30)28-9-8-12-6-4-5-7-15(12)28/h4-7,10-11,27H,8-9H2,1-3H3. The van der Waals surface area contributed by atoms with Crippen molar-refractivity contribution in [3.63, 3.8) is 0 Å². The van der Waals surface area contributed by atoms with E-state index in [9.17, 15) is 26.4 Å². The van der Waals surface area contributed by atoms with Gasteiger partial charge in [0.25, 0.3) is 15.9 Å². The third-order valence-electron chi connectivity index (χ3n) is 4.99. The fourth-order valence-electron chi connectivity index (χ4n) is 3.79. The average Bonchev–Trinajstić information content (AvgIpc) is 3.26. The molecule has 1 aliphatic heterocycles. The number of nitrogens with one attached hydrogen (secondary N) is 1. The Kier molecular flexibility index (Phi) is 5.50. The Morgan fingerprint density at radius 3 is 2.48 bits per heavy atom. The number of pyridine rings is 1. The van der Waals surface area contributed by atoms with Gasteiger partial charge in [0.05, 0.1) is 10.6 Å². The van der Waals surface area contributed by atoms with Gasteiger partial charge in [0.2, 0.25) is 0 Å². The molecule has 0 atom stereocenters. The minimum absolute atomic E-state index is 0.0766. The van der Waals surface area contributed by atoms with Gasteiger partial charge in [-0.15, -0.1) is 0 Å². The first-order valence-electron chi connectivity index (χ1n) is 9.91. The minimum atomic E-state index is -5.06. The Bertz CT molecular complexity index is 1380. The van der Waals surface area contributed by atoms with Crippen molar-refractivity contribution in [3.8, 4) is 0 Å². The van der Waals surface area contributed by atoms with Gasteiger partial charge in [-0.1, -0.05) is 29.8 Å². The number of alkyl halides is 3. The Morgan fingerprint density at radius 1 is 1.18 bits per heavy atom. The van der Waals surface area contributed by atoms with Crippen molar-refractivity contribution in [2.24, 2.45) is 0 Å². The monoisotopic (exact) mass is 500 g/mol. The van der Waals surface area contributed by atoms with Crippen molar-refractivity contribution < 1.29 is 26.4 Å². The smallest absolute Gasteiger partial charge is 0.308 e. The van der Waals surface area contributed by atoms with Crippen LogP contribution in [0.1, 0.15) is 42.4 Å². The van der Waals surface area contributed by atoms with E-state index in [0.29, 0.717) is 18.7 Å². The van der Waals surface area contributed by atoms with Gasteiger partial charge in [0.1, 0.15) is 5.65 Å². The van der Waals surface area contributed by atoms with Gasteiger partial charge in [-0.05, 0) is 44.9 Å². The highest BCUT2D eigenvalue weighted by atomic mass is 35.5. The van der Waals surface area contributed by atoms with Crippen LogP contribution < -0.4 is 9.62 Å². The van der Waals surface area contributed by atoms with Crippen molar-refractivity contribution in [2.75, 3.05) is 11.4 Å². The van der Waals surface area contributed by atoms with E-state index in [0.717, 1.165) is 22.2 Å². The summed E-state index contributed by atoms with van der Waals surface area (Å²) in [6.45, 7) is 4.88. The molecule has 0 radical (unpaired) electrons. The predicted molar refractivity (Wildman–Crippen MR) is 117 cm³/mol. The Balaban J connectivity index is 1.88. The first-order chi connectivity index (χ1) is 15.2. The number of amides is 1. The van der Waals surface area contributed by atoms with E-state index in [1.165, 1.54) is 25.7 Å². The molecule has 1 aliphatic rings. The second-order valence-electron chi connectivity index (χ2n) is 8.72. The molecule has 1 amide bonds. The Labute approximate surface area is 193 Å². The highest BCUT2D eigenvalue weighted by Crippen LogP contribution is 2.36. The quantitative estimate of drug-likeness (QED) is 0.581. The number of hydrogen-bond donors (Lipinski definition) is 1. The van der Waals surface area contributed by atoms with Crippen LogP contribution in [0.3, 0.4) is 0 Å². The van der Waals surface area contributed by atoms with Gasteiger partial charge >= 0.3 is 6.18 Å². The lowest BCUT2D eigenvalue weighted by Crippen LogP contribution is -2.41. The molecular formula is C21H20ClF3N4O3S. The van der Waals surface area contributed by atoms with Gasteiger partial charge in [0, 0.05) is 24.0 Å². The number of sulfonamides is 1. The summed E-state index contributed by atoms with van der Waals surface area (Å²) in [5.74, 6) is -0.513. The van der Waals surface area contributed by atoms with Crippen molar-refractivity contribution in [2.45, 2.75) is 43.9 Å². The summed E-state index contributed by atoms with van der Waals surface area (Å²) in [5, 5.41) is -1.29. The van der Waals surface area contributed by atoms with Crippen LogP contribution in [-0.4, -0.2) is 35.8 Å². The van der Waals surface area contributed by atoms with E-state index in [-0.39, 0.29) is 16.2 Å². The second-order valence-corrected chi connectivity index (χ2v) is 10.7. The summed E-state index contributed by atoms with van der Waals surface area (Å²) in [7, 11) is -4.64. The van der Waals surface area contributed by atoms with E-state index in [2.05, 4.69) is 9.71 Å². The van der Waals surface area contributed by atoms with Crippen molar-refractivity contribution in [1.29, 1.82) is 0 Å². The third kappa shape index (κ3) is 4.32. The fraction of sp³-hybridized carbons (Fsp3) is 0.333. The molecule has 1 N–H and O–H groups in total. The van der Waals surface area contributed by atoms with Gasteiger partial charge in [0.15, 0.2) is 10.7 Å². The lowest BCUT2D eigenvalue weighted by molar-refractivity contribution is -0.143. The number of rotatable bonds is 3. The molecule has 0 aliphatic carbocycles. The number of carbonyl (C=O) groups excluding carboxylic acids is 1. The number of anilines is 1. The summed E-state index contributed by atoms with van der Waals surface area (Å²) in [6.07, 6.45) is -3.45. The molecule has 12 heteroatoms. The molecule has 33 heavy (non-hydrogen) atoms. The number of benzene rings is 1. The molecule has 1 aromatic carbocycles. The van der Waals surface area contributed by atoms with Crippen LogP contribution in [-0.2, 0) is 22.6 Å². The number of halogens is 4. The molecule has 0 saturated heterocycles. The molecule has 0 bridgehead atoms. The number of fused-ring (bicyclic) bond motifs is 2. The van der Waals surface area contributed by atoms with Crippen molar-refractivity contribution >= 4 is 38.9 Å². The van der Waals surface area contributed by atoms with Gasteiger partial charge < -0.3 is 4.90 Å². The average molecular weight is 501 g/mol. The van der Waals surface area contributed by atoms with E-state index < -0.39 is 38.4 Å². The first-order valence-corrected chi connectivity index (χ1v) is 11.8. The van der Waals surface area contributed by atoms with Crippen LogP contribution in [0.5, 0.6) is 0 Å². The number of aromatic nitrogens is 2. The highest BCUT2D eigenvalue weighted by Gasteiger charge is 2.43. The van der Waals surface area contributed by atoms with Crippen LogP contribution in [0, 0.1) is 0 Å². The number of para-hydroxylation sites is 1. The molecule has 0 unspecified atom stereocenters. The maximum Gasteiger partial charge on any atom is 0.436 e. The molecule has 0 fully saturated rings. The van der Waals surface area contributed by atoms with Crippen LogP contribution in [0.4, 0.5) is 18.9 Å². The molecule has 176 valence electrons. The topological polar surface area (TPSA) is 83.8 Å². The summed E-state index contributed by atoms with van der Waals surface area (Å²) < 4.78 is 69.9. The SMILES string of the molecule is CC(C)(C)NS(=O)(=O)c1c(C(F)(F)F)nc2cc(C(=O)N3CCc4ccccc43)c(Cl)cn12. The second kappa shape index (κ2) is 7.71. The molecule has 3 heterocycles. The van der Waals surface area contributed by atoms with E-state index in [1.54, 1.807) is 12.1 Å². The minimum Gasteiger partial charge on any atom is -0.308 e. The van der Waals surface area contributed by atoms with E-state index >= 15 is 0 Å². The van der Waals surface area contributed by atoms with Crippen molar-refractivity contribution in [1.82, 2.24) is 14.1 Å². The molecule has 3 aromatic rings. The normalized spacial score (nSPS) is 14.7. The zero-order valence-electron chi connectivity index (χ0n) is 17.9. The fourth-order valence-corrected chi connectivity index (χ4v) is 5.75. The van der Waals surface area contributed by atoms with Crippen LogP contribution >= 0.6 is 11.6 Å². The zero-order valence-corrected chi connectivity index (χ0v) is 19.4. The summed E-state index contributed by atoms with van der Waals surface area (Å²) in [5.41, 5.74) is -1.43. The number of nitrogens with zero attached hydrogens (tertiary/aromatic N) is 3. The van der Waals surface area contributed by atoms with Gasteiger partial charge in [-0.25, -0.2) is 18.1 Å². The highest BCUT2D eigenvalue weighted by molar-refractivity contribution is 7.89. The van der Waals surface area contributed by atoms with Crippen molar-refractivity contribution in [3.05, 3.63) is 58.4 Å². The zero-order chi connectivity index (χ0) is 24.3. The van der Waals surface area contributed by atoms with E-state index in [1.807, 2.05) is 12.1 Å². The maximum atomic E-state index is 13.7. The van der Waals surface area contributed by atoms with Gasteiger partial charge in [-0.2, -0.15) is 13.2 Å². The van der Waals surface area contributed by atoms with Crippen LogP contribution in [0.25, 0.3) is 5.65 Å². The lowest BCUT2D eigenvalue weighted by atomic mass is 10.1. The molecule has 7 nitrogen and oxygen atoms in total. The molecular weight excluding hydrogens is 481 g/mol. The number of carbonyl (C=O) groups is 1. The maximum absolute atomic E-state index is 13.7. The van der Waals surface area contributed by atoms with E-state index in [4.69, 9.17) is 11.6 Å². The first kappa shape index (κ1) is 23.5. The number of hydrogen-bond acceptors (Lipinski definition) is 4. The predicted octanol–water partition coefficient (Wildman–Crippen LogP) is 4.29. The van der Waals surface area contributed by atoms with Crippen LogP contribution in [0.2, 0.25) is 5.02 Å². The Hall–Kier alpha value is -2.63. The summed E-state index contributed by atoms with van der Waals surface area (Å²) in [6, 6.07) is 8.36. The third-order valence-corrected chi connectivity index (χ3v) is 7.08. The Morgan fingerprint density at radius 2 is 1.85 bits per heavy atom. The van der Waals surface area contributed by atoms with Gasteiger partial charge in [-0.3, -0.25) is 9.20 Å². The summed E-state index contributed by atoms with van der Waals surface area (Å²) >= 11 is 6.29. The van der Waals surface area contributed by atoms with Crippen LogP contribution in [0.15, 0.2) is 41.6 Å². The molecule has 4 rings (SSSR count).